The fourth-order valence-electron chi connectivity index (χ4n) is 2.10. The number of hydrogen-bond donors (Lipinski definition) is 1. The number of rotatable bonds is 5. The topological polar surface area (TPSA) is 63.4 Å². The zero-order chi connectivity index (χ0) is 12.2. The maximum absolute atomic E-state index is 11.9. The zero-order valence-electron chi connectivity index (χ0n) is 9.68. The van der Waals surface area contributed by atoms with Crippen LogP contribution in [-0.4, -0.2) is 37.1 Å². The van der Waals surface area contributed by atoms with Crippen molar-refractivity contribution in [1.29, 1.82) is 0 Å². The molecule has 2 N–H and O–H groups in total. The summed E-state index contributed by atoms with van der Waals surface area (Å²) in [6.45, 7) is 0.143. The molecule has 0 aromatic carbocycles. The van der Waals surface area contributed by atoms with E-state index < -0.39 is 10.0 Å². The molecule has 0 amide bonds. The van der Waals surface area contributed by atoms with E-state index in [-0.39, 0.29) is 17.3 Å². The summed E-state index contributed by atoms with van der Waals surface area (Å²) >= 11 is 4.72. The minimum absolute atomic E-state index is 0.143. The van der Waals surface area contributed by atoms with Crippen LogP contribution in [0.3, 0.4) is 0 Å². The first-order chi connectivity index (χ1) is 7.42. The van der Waals surface area contributed by atoms with Crippen LogP contribution < -0.4 is 5.73 Å². The van der Waals surface area contributed by atoms with Gasteiger partial charge >= 0.3 is 0 Å². The summed E-state index contributed by atoms with van der Waals surface area (Å²) in [5, 5.41) is 0. The molecule has 16 heavy (non-hydrogen) atoms. The summed E-state index contributed by atoms with van der Waals surface area (Å²) in [4.78, 5) is 0.217. The van der Waals surface area contributed by atoms with Gasteiger partial charge in [0.15, 0.2) is 0 Å². The number of likely N-dealkylation sites (N-methyl/N-ethyl adjacent to an activating group) is 1. The Labute approximate surface area is 103 Å². The molecule has 1 rings (SSSR count). The van der Waals surface area contributed by atoms with Crippen LogP contribution in [0.15, 0.2) is 0 Å². The highest BCUT2D eigenvalue weighted by molar-refractivity contribution is 7.89. The van der Waals surface area contributed by atoms with E-state index in [1.165, 1.54) is 17.8 Å². The van der Waals surface area contributed by atoms with Crippen LogP contribution in [0.2, 0.25) is 0 Å². The van der Waals surface area contributed by atoms with E-state index in [0.717, 1.165) is 25.7 Å². The summed E-state index contributed by atoms with van der Waals surface area (Å²) in [5.41, 5.74) is 5.35. The summed E-state index contributed by atoms with van der Waals surface area (Å²) in [5.74, 6) is 0.555. The lowest BCUT2D eigenvalue weighted by Crippen LogP contribution is -2.37. The van der Waals surface area contributed by atoms with Gasteiger partial charge in [0.1, 0.15) is 0 Å². The summed E-state index contributed by atoms with van der Waals surface area (Å²) < 4.78 is 25.2. The first-order valence-electron chi connectivity index (χ1n) is 5.64. The normalized spacial score (nSPS) is 18.9. The van der Waals surface area contributed by atoms with E-state index in [9.17, 15) is 8.42 Å². The molecule has 1 saturated carbocycles. The van der Waals surface area contributed by atoms with Gasteiger partial charge in [-0.05, 0) is 18.8 Å². The molecule has 0 saturated heterocycles. The van der Waals surface area contributed by atoms with E-state index in [1.54, 1.807) is 0 Å². The third kappa shape index (κ3) is 4.35. The fourth-order valence-corrected chi connectivity index (χ4v) is 3.89. The minimum Gasteiger partial charge on any atom is -0.392 e. The highest BCUT2D eigenvalue weighted by atomic mass is 32.2. The predicted octanol–water partition coefficient (Wildman–Crippen LogP) is 1.11. The number of nitrogens with two attached hydrogens (primary N) is 1. The summed E-state index contributed by atoms with van der Waals surface area (Å²) in [7, 11) is -1.65. The lowest BCUT2D eigenvalue weighted by Gasteiger charge is -2.24. The molecule has 0 heterocycles. The van der Waals surface area contributed by atoms with Gasteiger partial charge < -0.3 is 5.73 Å². The first kappa shape index (κ1) is 13.9. The van der Waals surface area contributed by atoms with Gasteiger partial charge in [-0.3, -0.25) is 0 Å². The Bertz CT molecular complexity index is 335. The fraction of sp³-hybridized carbons (Fsp3) is 0.900. The SMILES string of the molecule is CN(CC(N)=S)S(=O)(=O)CC1CCCCC1. The van der Waals surface area contributed by atoms with Gasteiger partial charge in [0.25, 0.3) is 0 Å². The summed E-state index contributed by atoms with van der Waals surface area (Å²) in [6.07, 6.45) is 5.60. The molecule has 0 aliphatic heterocycles. The minimum atomic E-state index is -3.19. The lowest BCUT2D eigenvalue weighted by molar-refractivity contribution is 0.378. The molecule has 6 heteroatoms. The third-order valence-electron chi connectivity index (χ3n) is 3.02. The molecule has 0 aromatic rings. The molecule has 1 aliphatic carbocycles. The monoisotopic (exact) mass is 264 g/mol. The largest absolute Gasteiger partial charge is 0.392 e. The molecular weight excluding hydrogens is 244 g/mol. The Kier molecular flexibility index (Phi) is 5.14. The van der Waals surface area contributed by atoms with E-state index >= 15 is 0 Å². The highest BCUT2D eigenvalue weighted by Crippen LogP contribution is 2.25. The Hall–Kier alpha value is -0.200. The van der Waals surface area contributed by atoms with Crippen molar-refractivity contribution >= 4 is 27.2 Å². The van der Waals surface area contributed by atoms with E-state index in [4.69, 9.17) is 18.0 Å². The van der Waals surface area contributed by atoms with Gasteiger partial charge in [0.05, 0.1) is 17.3 Å². The predicted molar refractivity (Wildman–Crippen MR) is 69.8 cm³/mol. The van der Waals surface area contributed by atoms with Crippen molar-refractivity contribution in [2.75, 3.05) is 19.3 Å². The molecule has 0 atom stereocenters. The van der Waals surface area contributed by atoms with Gasteiger partial charge in [-0.2, -0.15) is 4.31 Å². The Balaban J connectivity index is 2.52. The smallest absolute Gasteiger partial charge is 0.214 e. The molecule has 0 bridgehead atoms. The number of sulfonamides is 1. The molecule has 0 aromatic heterocycles. The lowest BCUT2D eigenvalue weighted by atomic mass is 9.91. The van der Waals surface area contributed by atoms with Crippen molar-refractivity contribution in [2.45, 2.75) is 32.1 Å². The Morgan fingerprint density at radius 1 is 1.38 bits per heavy atom. The van der Waals surface area contributed by atoms with Crippen LogP contribution in [0, 0.1) is 5.92 Å². The Morgan fingerprint density at radius 2 is 1.94 bits per heavy atom. The van der Waals surface area contributed by atoms with Gasteiger partial charge in [-0.15, -0.1) is 0 Å². The van der Waals surface area contributed by atoms with Crippen LogP contribution >= 0.6 is 12.2 Å². The second-order valence-corrected chi connectivity index (χ2v) is 7.15. The van der Waals surface area contributed by atoms with E-state index in [0.29, 0.717) is 5.92 Å². The zero-order valence-corrected chi connectivity index (χ0v) is 11.3. The van der Waals surface area contributed by atoms with Crippen LogP contribution in [-0.2, 0) is 10.0 Å². The number of nitrogens with zero attached hydrogens (tertiary/aromatic N) is 1. The molecule has 1 fully saturated rings. The second kappa shape index (κ2) is 5.93. The highest BCUT2D eigenvalue weighted by Gasteiger charge is 2.24. The van der Waals surface area contributed by atoms with Gasteiger partial charge in [-0.1, -0.05) is 31.5 Å². The van der Waals surface area contributed by atoms with Crippen molar-refractivity contribution in [1.82, 2.24) is 4.31 Å². The number of hydrogen-bond acceptors (Lipinski definition) is 3. The molecule has 0 unspecified atom stereocenters. The third-order valence-corrected chi connectivity index (χ3v) is 5.13. The van der Waals surface area contributed by atoms with Crippen LogP contribution in [0.4, 0.5) is 0 Å². The maximum Gasteiger partial charge on any atom is 0.214 e. The molecule has 0 radical (unpaired) electrons. The van der Waals surface area contributed by atoms with Crippen LogP contribution in [0.5, 0.6) is 0 Å². The average molecular weight is 264 g/mol. The Morgan fingerprint density at radius 3 is 2.44 bits per heavy atom. The van der Waals surface area contributed by atoms with Gasteiger partial charge in [-0.25, -0.2) is 8.42 Å². The van der Waals surface area contributed by atoms with E-state index in [2.05, 4.69) is 0 Å². The molecule has 0 spiro atoms. The van der Waals surface area contributed by atoms with Crippen LogP contribution in [0.1, 0.15) is 32.1 Å². The maximum atomic E-state index is 11.9. The molecular formula is C10H20N2O2S2. The van der Waals surface area contributed by atoms with Gasteiger partial charge in [0, 0.05) is 7.05 Å². The van der Waals surface area contributed by atoms with Crippen molar-refractivity contribution in [3.8, 4) is 0 Å². The quantitative estimate of drug-likeness (QED) is 0.756. The molecule has 4 nitrogen and oxygen atoms in total. The van der Waals surface area contributed by atoms with Crippen molar-refractivity contribution in [3.05, 3.63) is 0 Å². The van der Waals surface area contributed by atoms with Crippen molar-refractivity contribution in [3.63, 3.8) is 0 Å². The second-order valence-electron chi connectivity index (χ2n) is 4.50. The average Bonchev–Trinajstić information content (AvgIpc) is 2.17. The molecule has 1 aliphatic rings. The standard InChI is InChI=1S/C10H20N2O2S2/c1-12(7-10(11)15)16(13,14)8-9-5-3-2-4-6-9/h9H,2-8H2,1H3,(H2,11,15). The van der Waals surface area contributed by atoms with Crippen molar-refractivity contribution < 1.29 is 8.42 Å². The summed E-state index contributed by atoms with van der Waals surface area (Å²) in [6, 6.07) is 0. The van der Waals surface area contributed by atoms with E-state index in [1.807, 2.05) is 0 Å². The molecule has 94 valence electrons. The van der Waals surface area contributed by atoms with Crippen molar-refractivity contribution in [2.24, 2.45) is 11.7 Å². The van der Waals surface area contributed by atoms with Crippen LogP contribution in [0.25, 0.3) is 0 Å². The number of thiocarbonyl (C=S) groups is 1. The first-order valence-corrected chi connectivity index (χ1v) is 7.66. The van der Waals surface area contributed by atoms with Gasteiger partial charge in [0.2, 0.25) is 10.0 Å².